The first-order valence-corrected chi connectivity index (χ1v) is 8.04. The Hall–Kier alpha value is -0.900. The molecule has 0 aliphatic carbocycles. The van der Waals surface area contributed by atoms with Gasteiger partial charge in [0.25, 0.3) is 0 Å². The molecule has 0 spiro atoms. The second-order valence-corrected chi connectivity index (χ2v) is 6.28. The van der Waals surface area contributed by atoms with Crippen LogP contribution in [-0.4, -0.2) is 55.1 Å². The fourth-order valence-corrected chi connectivity index (χ4v) is 3.53. The fraction of sp³-hybridized carbons (Fsp3) is 0.647. The summed E-state index contributed by atoms with van der Waals surface area (Å²) in [5, 5.41) is 3.46. The molecule has 1 aromatic rings. The highest BCUT2D eigenvalue weighted by molar-refractivity contribution is 5.22. The van der Waals surface area contributed by atoms with Crippen molar-refractivity contribution in [3.8, 4) is 0 Å². The van der Waals surface area contributed by atoms with E-state index in [4.69, 9.17) is 0 Å². The van der Waals surface area contributed by atoms with Gasteiger partial charge in [-0.05, 0) is 38.4 Å². The molecule has 2 heterocycles. The van der Waals surface area contributed by atoms with E-state index < -0.39 is 0 Å². The van der Waals surface area contributed by atoms with Crippen molar-refractivity contribution in [3.05, 3.63) is 35.4 Å². The number of nitrogens with zero attached hydrogens (tertiary/aromatic N) is 2. The van der Waals surface area contributed by atoms with Crippen LogP contribution in [0.25, 0.3) is 0 Å². The molecule has 0 unspecified atom stereocenters. The first kappa shape index (κ1) is 14.1. The highest BCUT2D eigenvalue weighted by Crippen LogP contribution is 2.16. The minimum Gasteiger partial charge on any atom is -0.317 e. The Kier molecular flexibility index (Phi) is 4.71. The molecule has 0 bridgehead atoms. The van der Waals surface area contributed by atoms with E-state index >= 15 is 0 Å². The van der Waals surface area contributed by atoms with Crippen molar-refractivity contribution in [3.63, 3.8) is 0 Å². The molecular formula is C17H27N3. The number of hydrogen-bond donors (Lipinski definition) is 1. The molecule has 2 aliphatic rings. The van der Waals surface area contributed by atoms with Crippen molar-refractivity contribution >= 4 is 0 Å². The lowest BCUT2D eigenvalue weighted by atomic mass is 10.0. The summed E-state index contributed by atoms with van der Waals surface area (Å²) in [6.45, 7) is 10.6. The van der Waals surface area contributed by atoms with Crippen molar-refractivity contribution in [1.82, 2.24) is 15.1 Å². The molecule has 0 saturated carbocycles. The summed E-state index contributed by atoms with van der Waals surface area (Å²) < 4.78 is 0. The summed E-state index contributed by atoms with van der Waals surface area (Å²) in [4.78, 5) is 5.32. The minimum absolute atomic E-state index is 0.831. The van der Waals surface area contributed by atoms with Crippen LogP contribution in [0.15, 0.2) is 24.3 Å². The highest BCUT2D eigenvalue weighted by Gasteiger charge is 2.24. The topological polar surface area (TPSA) is 18.5 Å². The van der Waals surface area contributed by atoms with E-state index in [1.54, 1.807) is 0 Å². The zero-order valence-electron chi connectivity index (χ0n) is 12.6. The van der Waals surface area contributed by atoms with E-state index in [-0.39, 0.29) is 0 Å². The Morgan fingerprint density at radius 3 is 2.55 bits per heavy atom. The summed E-state index contributed by atoms with van der Waals surface area (Å²) >= 11 is 0. The van der Waals surface area contributed by atoms with Gasteiger partial charge in [-0.3, -0.25) is 9.80 Å². The lowest BCUT2D eigenvalue weighted by Crippen LogP contribution is -2.52. The quantitative estimate of drug-likeness (QED) is 0.907. The maximum absolute atomic E-state index is 3.46. The van der Waals surface area contributed by atoms with Crippen molar-refractivity contribution in [1.29, 1.82) is 0 Å². The Labute approximate surface area is 123 Å². The van der Waals surface area contributed by atoms with Gasteiger partial charge < -0.3 is 5.32 Å². The van der Waals surface area contributed by atoms with Gasteiger partial charge in [-0.25, -0.2) is 0 Å². The number of benzene rings is 1. The SMILES string of the molecule is Cc1cccc(CN2CCN(C3CCNCC3)CC2)c1. The van der Waals surface area contributed by atoms with Gasteiger partial charge in [0.1, 0.15) is 0 Å². The van der Waals surface area contributed by atoms with Crippen LogP contribution in [-0.2, 0) is 6.54 Å². The van der Waals surface area contributed by atoms with E-state index in [2.05, 4.69) is 46.3 Å². The maximum Gasteiger partial charge on any atom is 0.0234 e. The third-order valence-electron chi connectivity index (χ3n) is 4.72. The van der Waals surface area contributed by atoms with Crippen LogP contribution in [0.2, 0.25) is 0 Å². The number of rotatable bonds is 3. The standard InChI is InChI=1S/C17H27N3/c1-15-3-2-4-16(13-15)14-19-9-11-20(12-10-19)17-5-7-18-8-6-17/h2-4,13,17-18H,5-12,14H2,1H3. The lowest BCUT2D eigenvalue weighted by molar-refractivity contribution is 0.0784. The van der Waals surface area contributed by atoms with Crippen LogP contribution in [0.5, 0.6) is 0 Å². The van der Waals surface area contributed by atoms with Gasteiger partial charge in [-0.2, -0.15) is 0 Å². The monoisotopic (exact) mass is 273 g/mol. The van der Waals surface area contributed by atoms with Crippen LogP contribution in [0, 0.1) is 6.92 Å². The van der Waals surface area contributed by atoms with E-state index in [1.165, 1.54) is 63.2 Å². The van der Waals surface area contributed by atoms with Crippen molar-refractivity contribution in [2.45, 2.75) is 32.4 Å². The Morgan fingerprint density at radius 2 is 1.85 bits per heavy atom. The summed E-state index contributed by atoms with van der Waals surface area (Å²) in [6, 6.07) is 9.76. The van der Waals surface area contributed by atoms with Gasteiger partial charge in [-0.15, -0.1) is 0 Å². The third-order valence-corrected chi connectivity index (χ3v) is 4.72. The van der Waals surface area contributed by atoms with E-state index in [0.29, 0.717) is 0 Å². The zero-order valence-corrected chi connectivity index (χ0v) is 12.6. The van der Waals surface area contributed by atoms with Crippen LogP contribution >= 0.6 is 0 Å². The van der Waals surface area contributed by atoms with E-state index in [0.717, 1.165) is 12.6 Å². The Balaban J connectivity index is 1.48. The summed E-state index contributed by atoms with van der Waals surface area (Å²) in [5.41, 5.74) is 2.83. The minimum atomic E-state index is 0.831. The molecule has 20 heavy (non-hydrogen) atoms. The number of aryl methyl sites for hydroxylation is 1. The maximum atomic E-state index is 3.46. The largest absolute Gasteiger partial charge is 0.317 e. The first-order valence-electron chi connectivity index (χ1n) is 8.04. The average Bonchev–Trinajstić information content (AvgIpc) is 2.49. The molecule has 2 saturated heterocycles. The number of piperazine rings is 1. The average molecular weight is 273 g/mol. The van der Waals surface area contributed by atoms with Gasteiger partial charge in [-0.1, -0.05) is 29.8 Å². The van der Waals surface area contributed by atoms with Crippen molar-refractivity contribution < 1.29 is 0 Å². The molecule has 3 heteroatoms. The molecule has 110 valence electrons. The predicted octanol–water partition coefficient (Wildman–Crippen LogP) is 1.86. The van der Waals surface area contributed by atoms with Gasteiger partial charge in [0.15, 0.2) is 0 Å². The Bertz CT molecular complexity index is 418. The van der Waals surface area contributed by atoms with Gasteiger partial charge in [0, 0.05) is 38.8 Å². The molecule has 1 aromatic carbocycles. The van der Waals surface area contributed by atoms with Crippen LogP contribution in [0.4, 0.5) is 0 Å². The van der Waals surface area contributed by atoms with E-state index in [9.17, 15) is 0 Å². The molecule has 3 rings (SSSR count). The lowest BCUT2D eigenvalue weighted by Gasteiger charge is -2.41. The summed E-state index contributed by atoms with van der Waals surface area (Å²) in [7, 11) is 0. The van der Waals surface area contributed by atoms with Gasteiger partial charge >= 0.3 is 0 Å². The fourth-order valence-electron chi connectivity index (χ4n) is 3.53. The van der Waals surface area contributed by atoms with Crippen LogP contribution in [0.3, 0.4) is 0 Å². The number of piperidine rings is 1. The summed E-state index contributed by atoms with van der Waals surface area (Å²) in [6.07, 6.45) is 2.66. The molecule has 1 N–H and O–H groups in total. The van der Waals surface area contributed by atoms with Crippen LogP contribution in [0.1, 0.15) is 24.0 Å². The third kappa shape index (κ3) is 3.60. The smallest absolute Gasteiger partial charge is 0.0234 e. The van der Waals surface area contributed by atoms with E-state index in [1.807, 2.05) is 0 Å². The molecule has 2 fully saturated rings. The zero-order chi connectivity index (χ0) is 13.8. The van der Waals surface area contributed by atoms with Gasteiger partial charge in [0.05, 0.1) is 0 Å². The predicted molar refractivity (Wildman–Crippen MR) is 83.9 cm³/mol. The number of nitrogens with one attached hydrogen (secondary N) is 1. The van der Waals surface area contributed by atoms with Crippen molar-refractivity contribution in [2.75, 3.05) is 39.3 Å². The summed E-state index contributed by atoms with van der Waals surface area (Å²) in [5.74, 6) is 0. The normalized spacial score (nSPS) is 23.1. The highest BCUT2D eigenvalue weighted by atomic mass is 15.3. The molecule has 0 atom stereocenters. The molecule has 3 nitrogen and oxygen atoms in total. The number of hydrogen-bond acceptors (Lipinski definition) is 3. The second kappa shape index (κ2) is 6.70. The first-order chi connectivity index (χ1) is 9.81. The van der Waals surface area contributed by atoms with Crippen molar-refractivity contribution in [2.24, 2.45) is 0 Å². The molecule has 0 amide bonds. The molecule has 0 radical (unpaired) electrons. The molecule has 2 aliphatic heterocycles. The Morgan fingerprint density at radius 1 is 1.10 bits per heavy atom. The van der Waals surface area contributed by atoms with Crippen LogP contribution < -0.4 is 5.32 Å². The molecule has 0 aromatic heterocycles. The second-order valence-electron chi connectivity index (χ2n) is 6.28. The molecular weight excluding hydrogens is 246 g/mol. The van der Waals surface area contributed by atoms with Gasteiger partial charge in [0.2, 0.25) is 0 Å².